The highest BCUT2D eigenvalue weighted by Crippen LogP contribution is 2.23. The van der Waals surface area contributed by atoms with Crippen molar-refractivity contribution in [3.63, 3.8) is 0 Å². The van der Waals surface area contributed by atoms with Gasteiger partial charge in [0, 0.05) is 27.4 Å². The molecule has 136 valence electrons. The largest absolute Gasteiger partial charge is 0.449 e. The van der Waals surface area contributed by atoms with Gasteiger partial charge in [-0.15, -0.1) is 0 Å². The summed E-state index contributed by atoms with van der Waals surface area (Å²) in [5.74, 6) is -1.45. The Balaban J connectivity index is 2.07. The smallest absolute Gasteiger partial charge is 0.339 e. The van der Waals surface area contributed by atoms with E-state index < -0.39 is 22.9 Å². The molecule has 1 N–H and O–H groups in total. The summed E-state index contributed by atoms with van der Waals surface area (Å²) in [5, 5.41) is 14.2. The third-order valence-corrected chi connectivity index (χ3v) is 3.86. The molecular formula is C17H14Cl2N2O5. The Kier molecular flexibility index (Phi) is 6.18. The molecule has 0 unspecified atom stereocenters. The van der Waals surface area contributed by atoms with Crippen molar-refractivity contribution in [3.05, 3.63) is 67.7 Å². The number of hydrogen-bond donors (Lipinski definition) is 1. The number of ether oxygens (including phenoxy) is 1. The summed E-state index contributed by atoms with van der Waals surface area (Å²) < 4.78 is 5.07. The van der Waals surface area contributed by atoms with E-state index in [1.807, 2.05) is 0 Å². The first-order valence-corrected chi connectivity index (χ1v) is 8.16. The molecule has 0 aliphatic carbocycles. The number of rotatable bonds is 5. The number of halogens is 2. The second kappa shape index (κ2) is 8.16. The Hall–Kier alpha value is -2.64. The molecule has 0 aliphatic rings. The number of nitrogens with one attached hydrogen (secondary N) is 1. The molecular weight excluding hydrogens is 383 g/mol. The summed E-state index contributed by atoms with van der Waals surface area (Å²) in [6, 6.07) is 8.43. The fraction of sp³-hybridized carbons (Fsp3) is 0.176. The van der Waals surface area contributed by atoms with Crippen molar-refractivity contribution < 1.29 is 19.2 Å². The Bertz CT molecular complexity index is 865. The standard InChI is InChI=1S/C17H14Cl2N2O5/c1-9-3-4-11(5-15(9)21(24)25)17(23)26-10(2)16(22)20-14-7-12(18)6-13(19)8-14/h3-8,10H,1-2H3,(H,20,22)/t10-/m1/s1. The molecule has 0 saturated heterocycles. The Morgan fingerprint density at radius 3 is 2.35 bits per heavy atom. The van der Waals surface area contributed by atoms with Gasteiger partial charge in [0.25, 0.3) is 11.6 Å². The molecule has 1 atom stereocenters. The zero-order valence-electron chi connectivity index (χ0n) is 13.8. The van der Waals surface area contributed by atoms with Gasteiger partial charge in [-0.25, -0.2) is 4.79 Å². The van der Waals surface area contributed by atoms with E-state index >= 15 is 0 Å². The van der Waals surface area contributed by atoms with Crippen molar-refractivity contribution in [2.45, 2.75) is 20.0 Å². The van der Waals surface area contributed by atoms with Crippen LogP contribution in [0.3, 0.4) is 0 Å². The van der Waals surface area contributed by atoms with E-state index in [4.69, 9.17) is 27.9 Å². The fourth-order valence-electron chi connectivity index (χ4n) is 2.09. The van der Waals surface area contributed by atoms with Gasteiger partial charge in [0.05, 0.1) is 10.5 Å². The zero-order chi connectivity index (χ0) is 19.4. The van der Waals surface area contributed by atoms with Gasteiger partial charge in [0.1, 0.15) is 0 Å². The summed E-state index contributed by atoms with van der Waals surface area (Å²) in [5.41, 5.74) is 0.537. The van der Waals surface area contributed by atoms with Crippen LogP contribution in [0, 0.1) is 17.0 Å². The van der Waals surface area contributed by atoms with E-state index in [1.54, 1.807) is 6.92 Å². The Morgan fingerprint density at radius 1 is 1.15 bits per heavy atom. The molecule has 0 saturated carbocycles. The van der Waals surface area contributed by atoms with E-state index in [-0.39, 0.29) is 11.3 Å². The lowest BCUT2D eigenvalue weighted by molar-refractivity contribution is -0.385. The zero-order valence-corrected chi connectivity index (χ0v) is 15.3. The first-order valence-electron chi connectivity index (χ1n) is 7.40. The Morgan fingerprint density at radius 2 is 1.77 bits per heavy atom. The molecule has 26 heavy (non-hydrogen) atoms. The minimum Gasteiger partial charge on any atom is -0.449 e. The van der Waals surface area contributed by atoms with Crippen molar-refractivity contribution in [2.24, 2.45) is 0 Å². The van der Waals surface area contributed by atoms with Crippen LogP contribution in [0.2, 0.25) is 10.0 Å². The summed E-state index contributed by atoms with van der Waals surface area (Å²) in [6.45, 7) is 2.93. The highest BCUT2D eigenvalue weighted by atomic mass is 35.5. The number of carbonyl (C=O) groups excluding carboxylic acids is 2. The molecule has 9 heteroatoms. The first-order chi connectivity index (χ1) is 12.2. The molecule has 0 heterocycles. The molecule has 2 aromatic carbocycles. The van der Waals surface area contributed by atoms with Gasteiger partial charge in [-0.3, -0.25) is 14.9 Å². The number of benzene rings is 2. The van der Waals surface area contributed by atoms with Gasteiger partial charge in [-0.05, 0) is 38.1 Å². The molecule has 0 spiro atoms. The van der Waals surface area contributed by atoms with Crippen molar-refractivity contribution >= 4 is 46.5 Å². The maximum atomic E-state index is 12.1. The molecule has 0 aromatic heterocycles. The number of nitro groups is 1. The molecule has 2 rings (SSSR count). The van der Waals surface area contributed by atoms with Crippen LogP contribution in [0.1, 0.15) is 22.8 Å². The number of carbonyl (C=O) groups is 2. The lowest BCUT2D eigenvalue weighted by Crippen LogP contribution is -2.30. The topological polar surface area (TPSA) is 98.5 Å². The summed E-state index contributed by atoms with van der Waals surface area (Å²) in [4.78, 5) is 34.6. The van der Waals surface area contributed by atoms with Gasteiger partial charge in [-0.1, -0.05) is 29.3 Å². The van der Waals surface area contributed by atoms with Gasteiger partial charge in [-0.2, -0.15) is 0 Å². The monoisotopic (exact) mass is 396 g/mol. The number of nitro benzene ring substituents is 1. The maximum absolute atomic E-state index is 12.1. The van der Waals surface area contributed by atoms with Gasteiger partial charge in [0.15, 0.2) is 6.10 Å². The van der Waals surface area contributed by atoms with E-state index in [9.17, 15) is 19.7 Å². The van der Waals surface area contributed by atoms with Crippen LogP contribution in [0.15, 0.2) is 36.4 Å². The first kappa shape index (κ1) is 19.7. The lowest BCUT2D eigenvalue weighted by atomic mass is 10.1. The number of anilines is 1. The average molecular weight is 397 g/mol. The fourth-order valence-corrected chi connectivity index (χ4v) is 2.61. The average Bonchev–Trinajstić information content (AvgIpc) is 2.53. The molecule has 7 nitrogen and oxygen atoms in total. The molecule has 0 radical (unpaired) electrons. The quantitative estimate of drug-likeness (QED) is 0.458. The molecule has 0 aliphatic heterocycles. The molecule has 0 bridgehead atoms. The highest BCUT2D eigenvalue weighted by Gasteiger charge is 2.21. The summed E-state index contributed by atoms with van der Waals surface area (Å²) in [7, 11) is 0. The number of aryl methyl sites for hydroxylation is 1. The van der Waals surface area contributed by atoms with E-state index in [2.05, 4.69) is 5.32 Å². The minimum absolute atomic E-state index is 0.0206. The highest BCUT2D eigenvalue weighted by molar-refractivity contribution is 6.35. The number of esters is 1. The van der Waals surface area contributed by atoms with Crippen LogP contribution in [0.4, 0.5) is 11.4 Å². The van der Waals surface area contributed by atoms with Gasteiger partial charge < -0.3 is 10.1 Å². The minimum atomic E-state index is -1.14. The number of amides is 1. The van der Waals surface area contributed by atoms with Crippen molar-refractivity contribution in [2.75, 3.05) is 5.32 Å². The second-order valence-corrected chi connectivity index (χ2v) is 6.33. The summed E-state index contributed by atoms with van der Waals surface area (Å²) in [6.07, 6.45) is -1.14. The van der Waals surface area contributed by atoms with Crippen molar-refractivity contribution in [3.8, 4) is 0 Å². The Labute approximate surface area is 159 Å². The van der Waals surface area contributed by atoms with Crippen molar-refractivity contribution in [1.82, 2.24) is 0 Å². The van der Waals surface area contributed by atoms with Crippen LogP contribution >= 0.6 is 23.2 Å². The third-order valence-electron chi connectivity index (χ3n) is 3.42. The summed E-state index contributed by atoms with van der Waals surface area (Å²) >= 11 is 11.7. The predicted molar refractivity (Wildman–Crippen MR) is 97.8 cm³/mol. The SMILES string of the molecule is Cc1ccc(C(=O)O[C@H](C)C(=O)Nc2cc(Cl)cc(Cl)c2)cc1[N+](=O)[O-]. The normalized spacial score (nSPS) is 11.5. The van der Waals surface area contributed by atoms with Crippen LogP contribution in [-0.4, -0.2) is 22.9 Å². The van der Waals surface area contributed by atoms with Gasteiger partial charge in [0.2, 0.25) is 0 Å². The maximum Gasteiger partial charge on any atom is 0.339 e. The van der Waals surface area contributed by atoms with Crippen LogP contribution in [0.25, 0.3) is 0 Å². The lowest BCUT2D eigenvalue weighted by Gasteiger charge is -2.14. The van der Waals surface area contributed by atoms with E-state index in [1.165, 1.54) is 37.3 Å². The van der Waals surface area contributed by atoms with Crippen molar-refractivity contribution in [1.29, 1.82) is 0 Å². The molecule has 1 amide bonds. The van der Waals surface area contributed by atoms with E-state index in [0.29, 0.717) is 21.3 Å². The van der Waals surface area contributed by atoms with Crippen LogP contribution < -0.4 is 5.32 Å². The number of hydrogen-bond acceptors (Lipinski definition) is 5. The predicted octanol–water partition coefficient (Wildman–Crippen LogP) is 4.39. The van der Waals surface area contributed by atoms with Gasteiger partial charge >= 0.3 is 5.97 Å². The molecule has 0 fully saturated rings. The van der Waals surface area contributed by atoms with Crippen LogP contribution in [0.5, 0.6) is 0 Å². The third kappa shape index (κ3) is 4.93. The van der Waals surface area contributed by atoms with Crippen LogP contribution in [-0.2, 0) is 9.53 Å². The number of nitrogens with zero attached hydrogens (tertiary/aromatic N) is 1. The second-order valence-electron chi connectivity index (χ2n) is 5.45. The van der Waals surface area contributed by atoms with E-state index in [0.717, 1.165) is 6.07 Å². The molecule has 2 aromatic rings.